The maximum atomic E-state index is 11.1. The van der Waals surface area contributed by atoms with E-state index in [-0.39, 0.29) is 31.3 Å². The summed E-state index contributed by atoms with van der Waals surface area (Å²) in [5.74, 6) is -1.39. The molecule has 0 bridgehead atoms. The number of carbonyl (C=O) groups is 3. The fourth-order valence-corrected chi connectivity index (χ4v) is 0.870. The third-order valence-corrected chi connectivity index (χ3v) is 1.69. The lowest BCUT2D eigenvalue weighted by molar-refractivity contribution is -0.150. The minimum atomic E-state index is -1.37. The largest absolute Gasteiger partial charge is 0.467 e. The number of nitrogens with one attached hydrogen (secondary N) is 2. The monoisotopic (exact) mass is 232 g/mol. The highest BCUT2D eigenvalue weighted by Gasteiger charge is 2.15. The van der Waals surface area contributed by atoms with Gasteiger partial charge in [-0.3, -0.25) is 9.59 Å². The van der Waals surface area contributed by atoms with Crippen LogP contribution in [0, 0.1) is 0 Å². The third kappa shape index (κ3) is 6.77. The molecule has 0 radical (unpaired) electrons. The van der Waals surface area contributed by atoms with E-state index >= 15 is 0 Å². The third-order valence-electron chi connectivity index (χ3n) is 1.69. The zero-order valence-electron chi connectivity index (χ0n) is 9.28. The summed E-state index contributed by atoms with van der Waals surface area (Å²) in [4.78, 5) is 32.3. The van der Waals surface area contributed by atoms with Gasteiger partial charge in [0.05, 0.1) is 13.7 Å². The zero-order chi connectivity index (χ0) is 12.6. The molecule has 0 aromatic rings. The van der Waals surface area contributed by atoms with E-state index < -0.39 is 12.1 Å². The van der Waals surface area contributed by atoms with Crippen molar-refractivity contribution < 1.29 is 24.2 Å². The molecule has 16 heavy (non-hydrogen) atoms. The Labute approximate surface area is 93.2 Å². The molecule has 0 fully saturated rings. The van der Waals surface area contributed by atoms with Crippen LogP contribution in [0.3, 0.4) is 0 Å². The van der Waals surface area contributed by atoms with Gasteiger partial charge in [-0.05, 0) is 0 Å². The van der Waals surface area contributed by atoms with Crippen LogP contribution in [0.5, 0.6) is 0 Å². The highest BCUT2D eigenvalue weighted by atomic mass is 16.5. The molecule has 0 saturated carbocycles. The van der Waals surface area contributed by atoms with E-state index in [2.05, 4.69) is 15.4 Å². The second-order valence-electron chi connectivity index (χ2n) is 3.08. The van der Waals surface area contributed by atoms with E-state index in [0.717, 1.165) is 7.11 Å². The summed E-state index contributed by atoms with van der Waals surface area (Å²) in [6.07, 6.45) is -1.28. The lowest BCUT2D eigenvalue weighted by Crippen LogP contribution is -2.38. The molecule has 7 heteroatoms. The van der Waals surface area contributed by atoms with Crippen molar-refractivity contribution in [1.29, 1.82) is 0 Å². The predicted octanol–water partition coefficient (Wildman–Crippen LogP) is -1.84. The van der Waals surface area contributed by atoms with Gasteiger partial charge in [0.15, 0.2) is 6.10 Å². The fraction of sp³-hybridized carbons (Fsp3) is 0.667. The summed E-state index contributed by atoms with van der Waals surface area (Å²) in [6, 6.07) is 0. The topological polar surface area (TPSA) is 105 Å². The lowest BCUT2D eigenvalue weighted by Gasteiger charge is -2.09. The maximum Gasteiger partial charge on any atom is 0.336 e. The van der Waals surface area contributed by atoms with Crippen LogP contribution in [0.2, 0.25) is 0 Å². The van der Waals surface area contributed by atoms with E-state index in [1.165, 1.54) is 6.92 Å². The first-order chi connectivity index (χ1) is 7.47. The molecule has 1 unspecified atom stereocenters. The standard InChI is InChI=1S/C9H16N2O5/c1-6(12)10-4-3-8(14)11-5-7(13)9(15)16-2/h7,13H,3-5H2,1-2H3,(H,10,12)(H,11,14). The smallest absolute Gasteiger partial charge is 0.336 e. The average Bonchev–Trinajstić information content (AvgIpc) is 2.24. The van der Waals surface area contributed by atoms with Crippen molar-refractivity contribution in [2.75, 3.05) is 20.2 Å². The number of aliphatic hydroxyl groups is 1. The first-order valence-electron chi connectivity index (χ1n) is 4.74. The van der Waals surface area contributed by atoms with Gasteiger partial charge in [0.2, 0.25) is 11.8 Å². The van der Waals surface area contributed by atoms with Crippen molar-refractivity contribution in [2.24, 2.45) is 0 Å². The van der Waals surface area contributed by atoms with Crippen molar-refractivity contribution >= 4 is 17.8 Å². The van der Waals surface area contributed by atoms with Crippen molar-refractivity contribution in [3.05, 3.63) is 0 Å². The number of methoxy groups -OCH3 is 1. The number of carbonyl (C=O) groups excluding carboxylic acids is 3. The average molecular weight is 232 g/mol. The second kappa shape index (κ2) is 7.63. The van der Waals surface area contributed by atoms with Gasteiger partial charge in [0.25, 0.3) is 0 Å². The molecule has 0 aromatic heterocycles. The van der Waals surface area contributed by atoms with Crippen LogP contribution in [-0.4, -0.2) is 49.2 Å². The lowest BCUT2D eigenvalue weighted by atomic mass is 10.3. The Bertz CT molecular complexity index is 267. The molecule has 0 aliphatic carbocycles. The predicted molar refractivity (Wildman–Crippen MR) is 54.3 cm³/mol. The summed E-state index contributed by atoms with van der Waals surface area (Å²) >= 11 is 0. The summed E-state index contributed by atoms with van der Waals surface area (Å²) in [7, 11) is 1.14. The van der Waals surface area contributed by atoms with E-state index in [1.54, 1.807) is 0 Å². The zero-order valence-corrected chi connectivity index (χ0v) is 9.28. The molecule has 0 saturated heterocycles. The summed E-state index contributed by atoms with van der Waals surface area (Å²) in [5.41, 5.74) is 0. The van der Waals surface area contributed by atoms with Crippen LogP contribution in [-0.2, 0) is 19.1 Å². The van der Waals surface area contributed by atoms with Gasteiger partial charge >= 0.3 is 5.97 Å². The molecule has 92 valence electrons. The molecule has 0 aromatic carbocycles. The molecule has 3 N–H and O–H groups in total. The molecule has 0 aliphatic rings. The highest BCUT2D eigenvalue weighted by molar-refractivity contribution is 5.79. The van der Waals surface area contributed by atoms with Crippen LogP contribution >= 0.6 is 0 Å². The number of hydrogen-bond acceptors (Lipinski definition) is 5. The molecule has 0 spiro atoms. The minimum Gasteiger partial charge on any atom is -0.467 e. The van der Waals surface area contributed by atoms with Gasteiger partial charge in [-0.1, -0.05) is 0 Å². The number of esters is 1. The number of ether oxygens (including phenoxy) is 1. The van der Waals surface area contributed by atoms with Gasteiger partial charge in [0.1, 0.15) is 0 Å². The van der Waals surface area contributed by atoms with Crippen molar-refractivity contribution in [1.82, 2.24) is 10.6 Å². The van der Waals surface area contributed by atoms with Crippen LogP contribution in [0.15, 0.2) is 0 Å². The number of aliphatic hydroxyl groups excluding tert-OH is 1. The second-order valence-corrected chi connectivity index (χ2v) is 3.08. The Hall–Kier alpha value is -1.63. The molecule has 1 atom stereocenters. The SMILES string of the molecule is COC(=O)C(O)CNC(=O)CCNC(C)=O. The van der Waals surface area contributed by atoms with Crippen LogP contribution < -0.4 is 10.6 Å². The first kappa shape index (κ1) is 14.4. The van der Waals surface area contributed by atoms with Crippen molar-refractivity contribution in [2.45, 2.75) is 19.4 Å². The van der Waals surface area contributed by atoms with Gasteiger partial charge in [-0.15, -0.1) is 0 Å². The van der Waals surface area contributed by atoms with Gasteiger partial charge in [0, 0.05) is 19.9 Å². The molecule has 7 nitrogen and oxygen atoms in total. The number of rotatable bonds is 6. The van der Waals surface area contributed by atoms with Gasteiger partial charge < -0.3 is 20.5 Å². The van der Waals surface area contributed by atoms with Gasteiger partial charge in [-0.25, -0.2) is 4.79 Å². The van der Waals surface area contributed by atoms with E-state index in [9.17, 15) is 14.4 Å². The summed E-state index contributed by atoms with van der Waals surface area (Å²) < 4.78 is 4.26. The Morgan fingerprint density at radius 2 is 1.94 bits per heavy atom. The van der Waals surface area contributed by atoms with E-state index in [1.807, 2.05) is 0 Å². The van der Waals surface area contributed by atoms with Crippen LogP contribution in [0.4, 0.5) is 0 Å². The molecule has 2 amide bonds. The Morgan fingerprint density at radius 1 is 1.31 bits per heavy atom. The number of hydrogen-bond donors (Lipinski definition) is 3. The summed E-state index contributed by atoms with van der Waals surface area (Å²) in [5, 5.41) is 13.9. The first-order valence-corrected chi connectivity index (χ1v) is 4.74. The molecular weight excluding hydrogens is 216 g/mol. The highest BCUT2D eigenvalue weighted by Crippen LogP contribution is 1.86. The Morgan fingerprint density at radius 3 is 2.44 bits per heavy atom. The minimum absolute atomic E-state index is 0.0907. The fourth-order valence-electron chi connectivity index (χ4n) is 0.870. The van der Waals surface area contributed by atoms with Gasteiger partial charge in [-0.2, -0.15) is 0 Å². The van der Waals surface area contributed by atoms with Crippen LogP contribution in [0.1, 0.15) is 13.3 Å². The molecule has 0 rings (SSSR count). The van der Waals surface area contributed by atoms with Crippen LogP contribution in [0.25, 0.3) is 0 Å². The molecule has 0 aliphatic heterocycles. The Kier molecular flexibility index (Phi) is 6.86. The van der Waals surface area contributed by atoms with Crippen molar-refractivity contribution in [3.63, 3.8) is 0 Å². The Balaban J connectivity index is 3.65. The quantitative estimate of drug-likeness (QED) is 0.467. The normalized spacial score (nSPS) is 11.4. The molecular formula is C9H16N2O5. The van der Waals surface area contributed by atoms with E-state index in [0.29, 0.717) is 0 Å². The van der Waals surface area contributed by atoms with E-state index in [4.69, 9.17) is 5.11 Å². The number of amides is 2. The summed E-state index contributed by atoms with van der Waals surface area (Å²) in [6.45, 7) is 1.36. The van der Waals surface area contributed by atoms with Crippen molar-refractivity contribution in [3.8, 4) is 0 Å². The maximum absolute atomic E-state index is 11.1. The molecule has 0 heterocycles.